The molecule has 1 N–H and O–H groups in total. The minimum Gasteiger partial charge on any atom is -0.317 e. The second kappa shape index (κ2) is 7.80. The van der Waals surface area contributed by atoms with Crippen molar-refractivity contribution in [3.05, 3.63) is 28.5 Å². The van der Waals surface area contributed by atoms with Gasteiger partial charge in [0.15, 0.2) is 0 Å². The molecule has 0 aliphatic heterocycles. The highest BCUT2D eigenvalue weighted by Gasteiger charge is 2.08. The van der Waals surface area contributed by atoms with Crippen LogP contribution in [0.15, 0.2) is 22.9 Å². The summed E-state index contributed by atoms with van der Waals surface area (Å²) in [6.45, 7) is 6.57. The van der Waals surface area contributed by atoms with Gasteiger partial charge in [-0.15, -0.1) is 0 Å². The number of aromatic nitrogens is 1. The molecule has 0 fully saturated rings. The van der Waals surface area contributed by atoms with E-state index in [9.17, 15) is 0 Å². The molecule has 16 heavy (non-hydrogen) atoms. The first-order chi connectivity index (χ1) is 7.76. The Hall–Kier alpha value is -0.410. The standard InChI is InChI=1S/C13H21BrN2/c1-3-5-11(8-15-4-2)6-12-7-13(14)10-16-9-12/h7,9-11,15H,3-6,8H2,1-2H3. The number of rotatable bonds is 7. The lowest BCUT2D eigenvalue weighted by Gasteiger charge is -2.16. The fraction of sp³-hybridized carbons (Fsp3) is 0.615. The van der Waals surface area contributed by atoms with E-state index >= 15 is 0 Å². The van der Waals surface area contributed by atoms with Gasteiger partial charge in [0.2, 0.25) is 0 Å². The molecule has 1 heterocycles. The van der Waals surface area contributed by atoms with Gasteiger partial charge >= 0.3 is 0 Å². The molecule has 0 spiro atoms. The molecule has 1 atom stereocenters. The minimum atomic E-state index is 0.723. The van der Waals surface area contributed by atoms with E-state index in [1.54, 1.807) is 0 Å². The van der Waals surface area contributed by atoms with Gasteiger partial charge in [-0.25, -0.2) is 0 Å². The van der Waals surface area contributed by atoms with Crippen LogP contribution in [0.4, 0.5) is 0 Å². The zero-order chi connectivity index (χ0) is 11.8. The van der Waals surface area contributed by atoms with E-state index in [0.717, 1.165) is 29.9 Å². The van der Waals surface area contributed by atoms with Crippen molar-refractivity contribution in [2.24, 2.45) is 5.92 Å². The number of nitrogens with one attached hydrogen (secondary N) is 1. The van der Waals surface area contributed by atoms with Crippen LogP contribution >= 0.6 is 15.9 Å². The van der Waals surface area contributed by atoms with Gasteiger partial charge < -0.3 is 5.32 Å². The highest BCUT2D eigenvalue weighted by molar-refractivity contribution is 9.10. The zero-order valence-corrected chi connectivity index (χ0v) is 11.8. The molecule has 0 radical (unpaired) electrons. The molecule has 0 amide bonds. The van der Waals surface area contributed by atoms with Crippen molar-refractivity contribution >= 4 is 15.9 Å². The minimum absolute atomic E-state index is 0.723. The molecular weight excluding hydrogens is 264 g/mol. The van der Waals surface area contributed by atoms with Crippen LogP contribution in [0.25, 0.3) is 0 Å². The number of hydrogen-bond donors (Lipinski definition) is 1. The number of pyridine rings is 1. The Morgan fingerprint density at radius 2 is 2.19 bits per heavy atom. The van der Waals surface area contributed by atoms with Gasteiger partial charge in [-0.05, 0) is 59.4 Å². The van der Waals surface area contributed by atoms with Crippen LogP contribution in [0, 0.1) is 5.92 Å². The van der Waals surface area contributed by atoms with E-state index in [1.165, 1.54) is 18.4 Å². The molecule has 1 rings (SSSR count). The normalized spacial score (nSPS) is 12.7. The summed E-state index contributed by atoms with van der Waals surface area (Å²) >= 11 is 3.47. The largest absolute Gasteiger partial charge is 0.317 e. The van der Waals surface area contributed by atoms with E-state index in [2.05, 4.69) is 46.1 Å². The molecule has 2 nitrogen and oxygen atoms in total. The van der Waals surface area contributed by atoms with Crippen molar-refractivity contribution in [3.63, 3.8) is 0 Å². The number of halogens is 1. The molecular formula is C13H21BrN2. The SMILES string of the molecule is CCCC(CNCC)Cc1cncc(Br)c1. The van der Waals surface area contributed by atoms with Crippen molar-refractivity contribution in [1.82, 2.24) is 10.3 Å². The highest BCUT2D eigenvalue weighted by Crippen LogP contribution is 2.16. The Balaban J connectivity index is 2.52. The van der Waals surface area contributed by atoms with Crippen molar-refractivity contribution in [3.8, 4) is 0 Å². The van der Waals surface area contributed by atoms with Crippen molar-refractivity contribution in [1.29, 1.82) is 0 Å². The van der Waals surface area contributed by atoms with E-state index in [1.807, 2.05) is 12.4 Å². The van der Waals surface area contributed by atoms with Gasteiger partial charge in [0.25, 0.3) is 0 Å². The quantitative estimate of drug-likeness (QED) is 0.830. The van der Waals surface area contributed by atoms with Crippen LogP contribution in [0.2, 0.25) is 0 Å². The van der Waals surface area contributed by atoms with Gasteiger partial charge in [-0.3, -0.25) is 4.98 Å². The number of nitrogens with zero attached hydrogens (tertiary/aromatic N) is 1. The fourth-order valence-electron chi connectivity index (χ4n) is 1.93. The lowest BCUT2D eigenvalue weighted by molar-refractivity contribution is 0.444. The summed E-state index contributed by atoms with van der Waals surface area (Å²) < 4.78 is 1.07. The summed E-state index contributed by atoms with van der Waals surface area (Å²) in [5.41, 5.74) is 1.32. The first kappa shape index (κ1) is 13.7. The first-order valence-electron chi connectivity index (χ1n) is 6.06. The molecule has 0 saturated heterocycles. The molecule has 0 aliphatic carbocycles. The van der Waals surface area contributed by atoms with Crippen LogP contribution in [-0.2, 0) is 6.42 Å². The van der Waals surface area contributed by atoms with Gasteiger partial charge in [-0.1, -0.05) is 20.3 Å². The molecule has 0 aliphatic rings. The van der Waals surface area contributed by atoms with Crippen LogP contribution in [0.1, 0.15) is 32.3 Å². The molecule has 0 aromatic carbocycles. The summed E-state index contributed by atoms with van der Waals surface area (Å²) in [6, 6.07) is 2.17. The van der Waals surface area contributed by atoms with Gasteiger partial charge in [0.1, 0.15) is 0 Å². The Labute approximate surface area is 107 Å². The van der Waals surface area contributed by atoms with Crippen LogP contribution in [0.5, 0.6) is 0 Å². The number of hydrogen-bond acceptors (Lipinski definition) is 2. The third-order valence-electron chi connectivity index (χ3n) is 2.67. The maximum atomic E-state index is 4.21. The Morgan fingerprint density at radius 3 is 2.81 bits per heavy atom. The van der Waals surface area contributed by atoms with E-state index < -0.39 is 0 Å². The molecule has 0 bridgehead atoms. The average molecular weight is 285 g/mol. The van der Waals surface area contributed by atoms with E-state index in [-0.39, 0.29) is 0 Å². The fourth-order valence-corrected chi connectivity index (χ4v) is 2.35. The monoisotopic (exact) mass is 284 g/mol. The Morgan fingerprint density at radius 1 is 1.38 bits per heavy atom. The second-order valence-corrected chi connectivity index (χ2v) is 5.09. The molecule has 90 valence electrons. The van der Waals surface area contributed by atoms with Gasteiger partial charge in [0.05, 0.1) is 0 Å². The summed E-state index contributed by atoms with van der Waals surface area (Å²) in [4.78, 5) is 4.21. The Kier molecular flexibility index (Phi) is 6.65. The molecule has 1 aromatic heterocycles. The maximum absolute atomic E-state index is 4.21. The topological polar surface area (TPSA) is 24.9 Å². The van der Waals surface area contributed by atoms with Crippen LogP contribution in [-0.4, -0.2) is 18.1 Å². The highest BCUT2D eigenvalue weighted by atomic mass is 79.9. The zero-order valence-electron chi connectivity index (χ0n) is 10.2. The molecule has 1 aromatic rings. The Bertz CT molecular complexity index is 302. The van der Waals surface area contributed by atoms with E-state index in [0.29, 0.717) is 0 Å². The van der Waals surface area contributed by atoms with Crippen LogP contribution < -0.4 is 5.32 Å². The second-order valence-electron chi connectivity index (χ2n) is 4.18. The smallest absolute Gasteiger partial charge is 0.0410 e. The van der Waals surface area contributed by atoms with Crippen molar-refractivity contribution in [2.75, 3.05) is 13.1 Å². The molecule has 1 unspecified atom stereocenters. The van der Waals surface area contributed by atoms with Crippen molar-refractivity contribution < 1.29 is 0 Å². The predicted octanol–water partition coefficient (Wildman–Crippen LogP) is 3.41. The predicted molar refractivity (Wildman–Crippen MR) is 72.6 cm³/mol. The van der Waals surface area contributed by atoms with Crippen LogP contribution in [0.3, 0.4) is 0 Å². The first-order valence-corrected chi connectivity index (χ1v) is 6.85. The van der Waals surface area contributed by atoms with Gasteiger partial charge in [-0.2, -0.15) is 0 Å². The third-order valence-corrected chi connectivity index (χ3v) is 3.10. The molecule has 3 heteroatoms. The van der Waals surface area contributed by atoms with E-state index in [4.69, 9.17) is 0 Å². The third kappa shape index (κ3) is 5.08. The average Bonchev–Trinajstić information content (AvgIpc) is 2.26. The lowest BCUT2D eigenvalue weighted by atomic mass is 9.96. The summed E-state index contributed by atoms with van der Waals surface area (Å²) in [6.07, 6.45) is 7.45. The van der Waals surface area contributed by atoms with Crippen molar-refractivity contribution in [2.45, 2.75) is 33.1 Å². The lowest BCUT2D eigenvalue weighted by Crippen LogP contribution is -2.24. The maximum Gasteiger partial charge on any atom is 0.0410 e. The van der Waals surface area contributed by atoms with Gasteiger partial charge in [0, 0.05) is 16.9 Å². The summed E-state index contributed by atoms with van der Waals surface area (Å²) in [7, 11) is 0. The summed E-state index contributed by atoms with van der Waals surface area (Å²) in [5.74, 6) is 0.723. The molecule has 0 saturated carbocycles. The summed E-state index contributed by atoms with van der Waals surface area (Å²) in [5, 5.41) is 3.44.